The van der Waals surface area contributed by atoms with Gasteiger partial charge in [-0.2, -0.15) is 0 Å². The summed E-state index contributed by atoms with van der Waals surface area (Å²) in [6, 6.07) is 0. The Morgan fingerprint density at radius 2 is 2.14 bits per heavy atom. The van der Waals surface area contributed by atoms with Crippen molar-refractivity contribution in [3.8, 4) is 12.3 Å². The Kier molecular flexibility index (Phi) is 6.21. The van der Waals surface area contributed by atoms with Crippen molar-refractivity contribution < 1.29 is 19.1 Å². The van der Waals surface area contributed by atoms with Gasteiger partial charge in [0, 0.05) is 6.42 Å². The van der Waals surface area contributed by atoms with E-state index in [0.717, 1.165) is 0 Å². The van der Waals surface area contributed by atoms with Crippen molar-refractivity contribution >= 4 is 11.9 Å². The lowest BCUT2D eigenvalue weighted by Gasteiger charge is -2.10. The lowest BCUT2D eigenvalue weighted by molar-refractivity contribution is -0.166. The maximum atomic E-state index is 11.0. The highest BCUT2D eigenvalue weighted by Gasteiger charge is 2.17. The number of hydrogen-bond acceptors (Lipinski definition) is 4. The molecule has 0 spiro atoms. The largest absolute Gasteiger partial charge is 0.463 e. The van der Waals surface area contributed by atoms with Gasteiger partial charge in [-0.3, -0.25) is 4.79 Å². The van der Waals surface area contributed by atoms with Crippen LogP contribution in [0.2, 0.25) is 0 Å². The molecule has 0 amide bonds. The molecule has 0 bridgehead atoms. The number of rotatable bonds is 5. The SMILES string of the molecule is C#CCCC(=O)OC(C)C(=O)OCC. The third-order valence-electron chi connectivity index (χ3n) is 1.40. The van der Waals surface area contributed by atoms with Crippen molar-refractivity contribution in [2.24, 2.45) is 0 Å². The Morgan fingerprint density at radius 3 is 2.64 bits per heavy atom. The average molecular weight is 198 g/mol. The molecule has 0 aromatic rings. The number of terminal acetylenes is 1. The Morgan fingerprint density at radius 1 is 1.50 bits per heavy atom. The molecule has 0 aliphatic carbocycles. The molecular formula is C10H14O4. The summed E-state index contributed by atoms with van der Waals surface area (Å²) in [4.78, 5) is 22.0. The molecule has 0 fully saturated rings. The highest BCUT2D eigenvalue weighted by atomic mass is 16.6. The van der Waals surface area contributed by atoms with Crippen LogP contribution in [0.4, 0.5) is 0 Å². The quantitative estimate of drug-likeness (QED) is 0.486. The molecule has 0 aliphatic heterocycles. The van der Waals surface area contributed by atoms with E-state index in [1.54, 1.807) is 6.92 Å². The molecular weight excluding hydrogens is 184 g/mol. The fourth-order valence-corrected chi connectivity index (χ4v) is 0.738. The first-order valence-corrected chi connectivity index (χ1v) is 4.41. The number of carbonyl (C=O) groups excluding carboxylic acids is 2. The van der Waals surface area contributed by atoms with Crippen LogP contribution in [0.25, 0.3) is 0 Å². The van der Waals surface area contributed by atoms with Gasteiger partial charge < -0.3 is 9.47 Å². The van der Waals surface area contributed by atoms with Crippen LogP contribution in [0.3, 0.4) is 0 Å². The summed E-state index contributed by atoms with van der Waals surface area (Å²) in [5.74, 6) is 1.29. The monoisotopic (exact) mass is 198 g/mol. The first kappa shape index (κ1) is 12.5. The van der Waals surface area contributed by atoms with E-state index >= 15 is 0 Å². The van der Waals surface area contributed by atoms with Crippen LogP contribution < -0.4 is 0 Å². The van der Waals surface area contributed by atoms with Gasteiger partial charge in [0.2, 0.25) is 0 Å². The highest BCUT2D eigenvalue weighted by Crippen LogP contribution is 1.99. The summed E-state index contributed by atoms with van der Waals surface area (Å²) >= 11 is 0. The minimum Gasteiger partial charge on any atom is -0.463 e. The van der Waals surface area contributed by atoms with E-state index in [1.165, 1.54) is 6.92 Å². The van der Waals surface area contributed by atoms with Gasteiger partial charge in [-0.25, -0.2) is 4.79 Å². The fraction of sp³-hybridized carbons (Fsp3) is 0.600. The van der Waals surface area contributed by atoms with E-state index in [4.69, 9.17) is 11.2 Å². The second-order valence-corrected chi connectivity index (χ2v) is 2.59. The predicted molar refractivity (Wildman–Crippen MR) is 50.3 cm³/mol. The summed E-state index contributed by atoms with van der Waals surface area (Å²) in [7, 11) is 0. The summed E-state index contributed by atoms with van der Waals surface area (Å²) in [6.45, 7) is 3.42. The Hall–Kier alpha value is -1.50. The summed E-state index contributed by atoms with van der Waals surface area (Å²) in [5, 5.41) is 0. The van der Waals surface area contributed by atoms with E-state index in [-0.39, 0.29) is 13.0 Å². The Balaban J connectivity index is 3.82. The molecule has 0 rings (SSSR count). The van der Waals surface area contributed by atoms with Crippen molar-refractivity contribution in [3.63, 3.8) is 0 Å². The van der Waals surface area contributed by atoms with Crippen LogP contribution in [-0.4, -0.2) is 24.6 Å². The van der Waals surface area contributed by atoms with Crippen molar-refractivity contribution in [1.82, 2.24) is 0 Å². The molecule has 0 aromatic carbocycles. The maximum absolute atomic E-state index is 11.0. The van der Waals surface area contributed by atoms with Crippen LogP contribution in [0, 0.1) is 12.3 Å². The van der Waals surface area contributed by atoms with E-state index in [0.29, 0.717) is 6.42 Å². The minimum absolute atomic E-state index is 0.125. The number of esters is 2. The molecule has 14 heavy (non-hydrogen) atoms. The van der Waals surface area contributed by atoms with Gasteiger partial charge in [-0.15, -0.1) is 12.3 Å². The first-order valence-electron chi connectivity index (χ1n) is 4.41. The molecule has 1 unspecified atom stereocenters. The third kappa shape index (κ3) is 5.20. The van der Waals surface area contributed by atoms with Crippen LogP contribution in [0.15, 0.2) is 0 Å². The minimum atomic E-state index is -0.861. The summed E-state index contributed by atoms with van der Waals surface area (Å²) in [5.41, 5.74) is 0. The van der Waals surface area contributed by atoms with Gasteiger partial charge in [0.1, 0.15) is 0 Å². The van der Waals surface area contributed by atoms with Gasteiger partial charge in [-0.1, -0.05) is 0 Å². The smallest absolute Gasteiger partial charge is 0.347 e. The fourth-order valence-electron chi connectivity index (χ4n) is 0.738. The molecule has 0 heterocycles. The lowest BCUT2D eigenvalue weighted by Crippen LogP contribution is -2.26. The zero-order chi connectivity index (χ0) is 11.0. The van der Waals surface area contributed by atoms with Crippen LogP contribution in [0.5, 0.6) is 0 Å². The van der Waals surface area contributed by atoms with E-state index in [9.17, 15) is 9.59 Å². The van der Waals surface area contributed by atoms with Gasteiger partial charge in [-0.05, 0) is 13.8 Å². The Bertz CT molecular complexity index is 239. The summed E-state index contributed by atoms with van der Waals surface area (Å²) in [6.07, 6.45) is 4.54. The molecule has 4 heteroatoms. The molecule has 0 aromatic heterocycles. The van der Waals surface area contributed by atoms with Crippen LogP contribution in [-0.2, 0) is 19.1 Å². The van der Waals surface area contributed by atoms with Gasteiger partial charge in [0.05, 0.1) is 13.0 Å². The van der Waals surface area contributed by atoms with Crippen molar-refractivity contribution in [3.05, 3.63) is 0 Å². The van der Waals surface area contributed by atoms with Gasteiger partial charge in [0.15, 0.2) is 6.10 Å². The molecule has 0 N–H and O–H groups in total. The molecule has 78 valence electrons. The lowest BCUT2D eigenvalue weighted by atomic mass is 10.3. The second-order valence-electron chi connectivity index (χ2n) is 2.59. The summed E-state index contributed by atoms with van der Waals surface area (Å²) < 4.78 is 9.41. The van der Waals surface area contributed by atoms with Crippen LogP contribution in [0.1, 0.15) is 26.7 Å². The van der Waals surface area contributed by atoms with Crippen molar-refractivity contribution in [2.45, 2.75) is 32.8 Å². The van der Waals surface area contributed by atoms with Crippen LogP contribution >= 0.6 is 0 Å². The molecule has 4 nitrogen and oxygen atoms in total. The van der Waals surface area contributed by atoms with Gasteiger partial charge >= 0.3 is 11.9 Å². The van der Waals surface area contributed by atoms with Crippen molar-refractivity contribution in [1.29, 1.82) is 0 Å². The number of carbonyl (C=O) groups is 2. The van der Waals surface area contributed by atoms with E-state index < -0.39 is 18.0 Å². The molecule has 0 saturated carbocycles. The zero-order valence-electron chi connectivity index (χ0n) is 8.41. The second kappa shape index (κ2) is 6.96. The number of ether oxygens (including phenoxy) is 2. The zero-order valence-corrected chi connectivity index (χ0v) is 8.41. The topological polar surface area (TPSA) is 52.6 Å². The number of hydrogen-bond donors (Lipinski definition) is 0. The molecule has 1 atom stereocenters. The highest BCUT2D eigenvalue weighted by molar-refractivity contribution is 5.79. The average Bonchev–Trinajstić information content (AvgIpc) is 2.15. The molecule has 0 radical (unpaired) electrons. The standard InChI is InChI=1S/C10H14O4/c1-4-6-7-9(11)14-8(3)10(12)13-5-2/h1,8H,5-7H2,2-3H3. The maximum Gasteiger partial charge on any atom is 0.347 e. The Labute approximate surface area is 83.6 Å². The van der Waals surface area contributed by atoms with E-state index in [1.807, 2.05) is 0 Å². The van der Waals surface area contributed by atoms with Crippen molar-refractivity contribution in [2.75, 3.05) is 6.61 Å². The molecule has 0 saturated heterocycles. The predicted octanol–water partition coefficient (Wildman–Crippen LogP) is 0.895. The van der Waals surface area contributed by atoms with Gasteiger partial charge in [0.25, 0.3) is 0 Å². The first-order chi connectivity index (χ1) is 6.61. The third-order valence-corrected chi connectivity index (χ3v) is 1.40. The molecule has 0 aliphatic rings. The van der Waals surface area contributed by atoms with E-state index in [2.05, 4.69) is 10.7 Å². The normalized spacial score (nSPS) is 11.2.